The van der Waals surface area contributed by atoms with E-state index in [9.17, 15) is 17.9 Å². The molecule has 2 rings (SSSR count). The van der Waals surface area contributed by atoms with Crippen molar-refractivity contribution in [3.05, 3.63) is 35.1 Å². The van der Waals surface area contributed by atoms with Crippen LogP contribution in [0, 0.1) is 17.7 Å². The molecule has 8 heteroatoms. The Morgan fingerprint density at radius 2 is 2.24 bits per heavy atom. The van der Waals surface area contributed by atoms with E-state index >= 15 is 0 Å². The van der Waals surface area contributed by atoms with Crippen LogP contribution in [0.4, 0.5) is 4.39 Å². The van der Waals surface area contributed by atoms with Crippen LogP contribution in [0.3, 0.4) is 0 Å². The zero-order chi connectivity index (χ0) is 18.8. The van der Waals surface area contributed by atoms with Gasteiger partial charge in [0.2, 0.25) is 0 Å². The number of halogens is 1. The van der Waals surface area contributed by atoms with Crippen LogP contribution < -0.4 is 5.73 Å². The van der Waals surface area contributed by atoms with Gasteiger partial charge in [-0.1, -0.05) is 11.1 Å². The van der Waals surface area contributed by atoms with E-state index < -0.39 is 32.7 Å². The normalized spacial score (nSPS) is 20.7. The first-order valence-electron chi connectivity index (χ1n) is 7.67. The first-order valence-corrected chi connectivity index (χ1v) is 9.56. The number of nitrogens with zero attached hydrogens (tertiary/aromatic N) is 1. The Hall–Kier alpha value is -1.95. The van der Waals surface area contributed by atoms with Crippen LogP contribution in [0.5, 0.6) is 0 Å². The number of aliphatic hydroxyl groups is 1. The Balaban J connectivity index is 2.17. The maximum Gasteiger partial charge on any atom is 0.156 e. The van der Waals surface area contributed by atoms with E-state index in [0.29, 0.717) is 11.3 Å². The highest BCUT2D eigenvalue weighted by atomic mass is 32.2. The zero-order valence-corrected chi connectivity index (χ0v) is 15.1. The highest BCUT2D eigenvalue weighted by molar-refractivity contribution is 7.92. The molecule has 1 aromatic carbocycles. The predicted octanol–water partition coefficient (Wildman–Crippen LogP) is 1.16. The third-order valence-corrected chi connectivity index (χ3v) is 6.49. The lowest BCUT2D eigenvalue weighted by Gasteiger charge is -2.31. The summed E-state index contributed by atoms with van der Waals surface area (Å²) >= 11 is 0. The molecule has 1 aliphatic heterocycles. The number of aliphatic hydroxyl groups excluding tert-OH is 1. The Bertz CT molecular complexity index is 855. The van der Waals surface area contributed by atoms with E-state index in [0.717, 1.165) is 6.26 Å². The largest absolute Gasteiger partial charge is 0.392 e. The maximum atomic E-state index is 14.2. The van der Waals surface area contributed by atoms with E-state index in [1.165, 1.54) is 13.0 Å². The number of hydrogen-bond donors (Lipinski definition) is 2. The molecule has 1 heterocycles. The molecule has 0 amide bonds. The standard InChI is InChI=1S/C17H21FN2O4S/c1-4-5-11-6-7-13(14(18)8-11)15-9-12(24-20-15)10-17(2,16(19)21)25(3,22)23/h6-8,12,16,21H,9-10,19H2,1-3H3/t12-,16?,17?/m1/s1. The van der Waals surface area contributed by atoms with Crippen LogP contribution in [0.2, 0.25) is 0 Å². The molecule has 3 atom stereocenters. The van der Waals surface area contributed by atoms with Gasteiger partial charge in [-0.2, -0.15) is 0 Å². The molecule has 25 heavy (non-hydrogen) atoms. The first kappa shape index (κ1) is 19.4. The van der Waals surface area contributed by atoms with Gasteiger partial charge in [-0.25, -0.2) is 12.8 Å². The summed E-state index contributed by atoms with van der Waals surface area (Å²) in [5.41, 5.74) is 6.66. The zero-order valence-electron chi connectivity index (χ0n) is 14.3. The fraction of sp³-hybridized carbons (Fsp3) is 0.471. The highest BCUT2D eigenvalue weighted by Crippen LogP contribution is 2.30. The van der Waals surface area contributed by atoms with E-state index in [-0.39, 0.29) is 18.4 Å². The van der Waals surface area contributed by atoms with Gasteiger partial charge < -0.3 is 15.7 Å². The minimum Gasteiger partial charge on any atom is -0.392 e. The lowest BCUT2D eigenvalue weighted by molar-refractivity contribution is 0.0459. The minimum atomic E-state index is -3.65. The fourth-order valence-electron chi connectivity index (χ4n) is 2.61. The predicted molar refractivity (Wildman–Crippen MR) is 93.0 cm³/mol. The Kier molecular flexibility index (Phi) is 5.52. The molecule has 0 saturated carbocycles. The smallest absolute Gasteiger partial charge is 0.156 e. The average molecular weight is 368 g/mol. The summed E-state index contributed by atoms with van der Waals surface area (Å²) in [7, 11) is -3.65. The van der Waals surface area contributed by atoms with Crippen LogP contribution in [0.1, 0.15) is 37.8 Å². The molecule has 0 bridgehead atoms. The van der Waals surface area contributed by atoms with Gasteiger partial charge in [-0.05, 0) is 32.0 Å². The van der Waals surface area contributed by atoms with Gasteiger partial charge in [-0.15, -0.1) is 5.92 Å². The molecule has 0 radical (unpaired) electrons. The third-order valence-electron chi connectivity index (χ3n) is 4.39. The maximum absolute atomic E-state index is 14.2. The molecule has 0 saturated heterocycles. The summed E-state index contributed by atoms with van der Waals surface area (Å²) in [6.07, 6.45) is -1.03. The summed E-state index contributed by atoms with van der Waals surface area (Å²) in [5, 5.41) is 13.6. The van der Waals surface area contributed by atoms with Crippen molar-refractivity contribution in [3.63, 3.8) is 0 Å². The minimum absolute atomic E-state index is 0.0580. The molecule has 3 N–H and O–H groups in total. The van der Waals surface area contributed by atoms with Crippen molar-refractivity contribution in [2.75, 3.05) is 6.26 Å². The third kappa shape index (κ3) is 4.00. The Morgan fingerprint density at radius 1 is 1.56 bits per heavy atom. The van der Waals surface area contributed by atoms with E-state index in [1.807, 2.05) is 0 Å². The Labute approximate surface area is 146 Å². The van der Waals surface area contributed by atoms with Gasteiger partial charge in [0.25, 0.3) is 0 Å². The molecular formula is C17H21FN2O4S. The molecular weight excluding hydrogens is 347 g/mol. The topological polar surface area (TPSA) is 102 Å². The van der Waals surface area contributed by atoms with Gasteiger partial charge >= 0.3 is 0 Å². The van der Waals surface area contributed by atoms with Crippen LogP contribution in [0.15, 0.2) is 23.4 Å². The summed E-state index contributed by atoms with van der Waals surface area (Å²) < 4.78 is 36.6. The van der Waals surface area contributed by atoms with Gasteiger partial charge in [0.05, 0.1) is 5.71 Å². The molecule has 1 aromatic rings. The van der Waals surface area contributed by atoms with Crippen molar-refractivity contribution < 1.29 is 22.8 Å². The molecule has 1 aliphatic rings. The molecule has 0 spiro atoms. The second kappa shape index (κ2) is 7.12. The summed E-state index contributed by atoms with van der Waals surface area (Å²) in [4.78, 5) is 5.26. The van der Waals surface area contributed by atoms with Gasteiger partial charge in [0, 0.05) is 30.2 Å². The van der Waals surface area contributed by atoms with Crippen molar-refractivity contribution >= 4 is 15.5 Å². The lowest BCUT2D eigenvalue weighted by Crippen LogP contribution is -2.52. The van der Waals surface area contributed by atoms with Crippen LogP contribution >= 0.6 is 0 Å². The number of nitrogens with two attached hydrogens (primary N) is 1. The summed E-state index contributed by atoms with van der Waals surface area (Å²) in [5.74, 6) is 4.98. The van der Waals surface area contributed by atoms with Crippen molar-refractivity contribution in [3.8, 4) is 11.8 Å². The van der Waals surface area contributed by atoms with Crippen molar-refractivity contribution in [2.24, 2.45) is 10.9 Å². The van der Waals surface area contributed by atoms with Crippen LogP contribution in [0.25, 0.3) is 0 Å². The summed E-state index contributed by atoms with van der Waals surface area (Å²) in [6, 6.07) is 4.55. The van der Waals surface area contributed by atoms with Crippen molar-refractivity contribution in [1.29, 1.82) is 0 Å². The first-order chi connectivity index (χ1) is 11.6. The second-order valence-electron chi connectivity index (χ2n) is 6.27. The van der Waals surface area contributed by atoms with Crippen LogP contribution in [-0.2, 0) is 14.7 Å². The molecule has 6 nitrogen and oxygen atoms in total. The van der Waals surface area contributed by atoms with Crippen molar-refractivity contribution in [1.82, 2.24) is 0 Å². The molecule has 0 fully saturated rings. The lowest BCUT2D eigenvalue weighted by atomic mass is 9.95. The van der Waals surface area contributed by atoms with E-state index in [4.69, 9.17) is 10.6 Å². The number of sulfone groups is 1. The van der Waals surface area contributed by atoms with Gasteiger partial charge in [0.1, 0.15) is 22.9 Å². The van der Waals surface area contributed by atoms with E-state index in [1.54, 1.807) is 19.1 Å². The molecule has 136 valence electrons. The molecule has 0 aromatic heterocycles. The van der Waals surface area contributed by atoms with Crippen molar-refractivity contribution in [2.45, 2.75) is 43.8 Å². The summed E-state index contributed by atoms with van der Waals surface area (Å²) in [6.45, 7) is 3.02. The second-order valence-corrected chi connectivity index (χ2v) is 8.75. The fourth-order valence-corrected chi connectivity index (χ4v) is 3.54. The number of oxime groups is 1. The van der Waals surface area contributed by atoms with Gasteiger partial charge in [-0.3, -0.25) is 0 Å². The molecule has 0 aliphatic carbocycles. The van der Waals surface area contributed by atoms with Gasteiger partial charge in [0.15, 0.2) is 9.84 Å². The number of benzene rings is 1. The molecule has 2 unspecified atom stereocenters. The van der Waals surface area contributed by atoms with E-state index in [2.05, 4.69) is 17.0 Å². The number of hydrogen-bond acceptors (Lipinski definition) is 6. The SMILES string of the molecule is CC#Cc1ccc(C2=NO[C@@H](CC(C)(C(N)O)S(C)(=O)=O)C2)c(F)c1. The number of rotatable bonds is 5. The highest BCUT2D eigenvalue weighted by Gasteiger charge is 2.45. The van der Waals surface area contributed by atoms with Crippen LogP contribution in [-0.4, -0.2) is 42.6 Å². The Morgan fingerprint density at radius 3 is 2.76 bits per heavy atom. The quantitative estimate of drug-likeness (QED) is 0.600. The monoisotopic (exact) mass is 368 g/mol. The average Bonchev–Trinajstić information content (AvgIpc) is 2.94.